The van der Waals surface area contributed by atoms with Crippen LogP contribution in [0.1, 0.15) is 17.3 Å². The Bertz CT molecular complexity index is 964. The van der Waals surface area contributed by atoms with Gasteiger partial charge in [0.2, 0.25) is 0 Å². The maximum atomic E-state index is 13.0. The first kappa shape index (κ1) is 17.4. The van der Waals surface area contributed by atoms with Gasteiger partial charge in [-0.05, 0) is 73.2 Å². The largest absolute Gasteiger partial charge is 0.494 e. The van der Waals surface area contributed by atoms with Crippen LogP contribution in [-0.2, 0) is 0 Å². The SMILES string of the molecule is CCOc1ccc(NC(=O)c2ccc(-c3ccc(F)cc3)[nH]c2=O)cc1. The van der Waals surface area contributed by atoms with Gasteiger partial charge in [0.15, 0.2) is 0 Å². The van der Waals surface area contributed by atoms with Crippen LogP contribution in [0, 0.1) is 5.82 Å². The van der Waals surface area contributed by atoms with Crippen molar-refractivity contribution in [2.45, 2.75) is 6.92 Å². The third-order valence-corrected chi connectivity index (χ3v) is 3.73. The molecule has 0 saturated carbocycles. The molecule has 1 heterocycles. The van der Waals surface area contributed by atoms with Crippen molar-refractivity contribution in [2.75, 3.05) is 11.9 Å². The molecular weight excluding hydrogens is 335 g/mol. The van der Waals surface area contributed by atoms with Crippen molar-refractivity contribution in [1.29, 1.82) is 0 Å². The van der Waals surface area contributed by atoms with Crippen LogP contribution in [-0.4, -0.2) is 17.5 Å². The van der Waals surface area contributed by atoms with E-state index in [0.717, 1.165) is 0 Å². The third kappa shape index (κ3) is 3.97. The second-order valence-corrected chi connectivity index (χ2v) is 5.53. The Kier molecular flexibility index (Phi) is 5.12. The molecule has 0 atom stereocenters. The average molecular weight is 352 g/mol. The summed E-state index contributed by atoms with van der Waals surface area (Å²) in [6.45, 7) is 2.44. The molecule has 1 amide bonds. The smallest absolute Gasteiger partial charge is 0.261 e. The highest BCUT2D eigenvalue weighted by Gasteiger charge is 2.12. The molecule has 1 aromatic heterocycles. The highest BCUT2D eigenvalue weighted by atomic mass is 19.1. The lowest BCUT2D eigenvalue weighted by Crippen LogP contribution is -2.23. The number of amides is 1. The van der Waals surface area contributed by atoms with Crippen molar-refractivity contribution in [2.24, 2.45) is 0 Å². The van der Waals surface area contributed by atoms with E-state index in [1.807, 2.05) is 6.92 Å². The zero-order valence-electron chi connectivity index (χ0n) is 14.1. The maximum Gasteiger partial charge on any atom is 0.261 e. The number of ether oxygens (including phenoxy) is 1. The molecule has 0 saturated heterocycles. The number of H-pyrrole nitrogens is 1. The van der Waals surface area contributed by atoms with E-state index in [1.165, 1.54) is 18.2 Å². The fourth-order valence-electron chi connectivity index (χ4n) is 2.45. The average Bonchev–Trinajstić information content (AvgIpc) is 2.64. The predicted molar refractivity (Wildman–Crippen MR) is 98.0 cm³/mol. The summed E-state index contributed by atoms with van der Waals surface area (Å²) in [4.78, 5) is 27.2. The number of nitrogens with one attached hydrogen (secondary N) is 2. The Hall–Kier alpha value is -3.41. The van der Waals surface area contributed by atoms with E-state index in [9.17, 15) is 14.0 Å². The monoisotopic (exact) mass is 352 g/mol. The topological polar surface area (TPSA) is 71.2 Å². The fraction of sp³-hybridized carbons (Fsp3) is 0.100. The van der Waals surface area contributed by atoms with E-state index in [0.29, 0.717) is 29.3 Å². The number of pyridine rings is 1. The summed E-state index contributed by atoms with van der Waals surface area (Å²) in [5, 5.41) is 2.67. The quantitative estimate of drug-likeness (QED) is 0.733. The molecule has 0 aliphatic rings. The molecular formula is C20H17FN2O3. The molecule has 3 rings (SSSR count). The molecule has 0 unspecified atom stereocenters. The minimum Gasteiger partial charge on any atom is -0.494 e. The lowest BCUT2D eigenvalue weighted by molar-refractivity contribution is 0.102. The van der Waals surface area contributed by atoms with E-state index >= 15 is 0 Å². The van der Waals surface area contributed by atoms with Gasteiger partial charge >= 0.3 is 0 Å². The first-order valence-corrected chi connectivity index (χ1v) is 8.10. The van der Waals surface area contributed by atoms with Crippen molar-refractivity contribution in [1.82, 2.24) is 4.98 Å². The van der Waals surface area contributed by atoms with Crippen LogP contribution in [0.3, 0.4) is 0 Å². The lowest BCUT2D eigenvalue weighted by Gasteiger charge is -2.08. The number of anilines is 1. The van der Waals surface area contributed by atoms with Gasteiger partial charge in [-0.3, -0.25) is 9.59 Å². The van der Waals surface area contributed by atoms with Gasteiger partial charge in [0.1, 0.15) is 17.1 Å². The molecule has 26 heavy (non-hydrogen) atoms. The van der Waals surface area contributed by atoms with Crippen molar-refractivity contribution < 1.29 is 13.9 Å². The summed E-state index contributed by atoms with van der Waals surface area (Å²) >= 11 is 0. The van der Waals surface area contributed by atoms with Crippen LogP contribution in [0.25, 0.3) is 11.3 Å². The molecule has 3 aromatic rings. The van der Waals surface area contributed by atoms with Gasteiger partial charge < -0.3 is 15.0 Å². The molecule has 0 spiro atoms. The van der Waals surface area contributed by atoms with Crippen molar-refractivity contribution in [3.05, 3.63) is 82.4 Å². The van der Waals surface area contributed by atoms with Crippen LogP contribution in [0.5, 0.6) is 5.75 Å². The number of hydrogen-bond donors (Lipinski definition) is 2. The maximum absolute atomic E-state index is 13.0. The van der Waals surface area contributed by atoms with Crippen LogP contribution in [0.15, 0.2) is 65.5 Å². The zero-order valence-corrected chi connectivity index (χ0v) is 14.1. The van der Waals surface area contributed by atoms with Crippen LogP contribution >= 0.6 is 0 Å². The summed E-state index contributed by atoms with van der Waals surface area (Å²) in [7, 11) is 0. The van der Waals surface area contributed by atoms with Gasteiger partial charge in [0.25, 0.3) is 11.5 Å². The van der Waals surface area contributed by atoms with E-state index in [-0.39, 0.29) is 11.4 Å². The van der Waals surface area contributed by atoms with Gasteiger partial charge in [0, 0.05) is 11.4 Å². The van der Waals surface area contributed by atoms with E-state index in [4.69, 9.17) is 4.74 Å². The standard InChI is InChI=1S/C20H17FN2O3/c1-2-26-16-9-7-15(8-10-16)22-19(24)17-11-12-18(23-20(17)25)13-3-5-14(21)6-4-13/h3-12H,2H2,1H3,(H,22,24)(H,23,25). The first-order valence-electron chi connectivity index (χ1n) is 8.10. The van der Waals surface area contributed by atoms with Gasteiger partial charge in [-0.15, -0.1) is 0 Å². The highest BCUT2D eigenvalue weighted by molar-refractivity contribution is 6.04. The minimum absolute atomic E-state index is 0.00949. The Morgan fingerprint density at radius 3 is 2.35 bits per heavy atom. The number of aromatic nitrogens is 1. The molecule has 0 fully saturated rings. The Labute approximate surface area is 149 Å². The third-order valence-electron chi connectivity index (χ3n) is 3.73. The summed E-state index contributed by atoms with van der Waals surface area (Å²) in [5.74, 6) is -0.171. The molecule has 2 aromatic carbocycles. The van der Waals surface area contributed by atoms with Crippen LogP contribution in [0.4, 0.5) is 10.1 Å². The molecule has 0 aliphatic carbocycles. The number of benzene rings is 2. The van der Waals surface area contributed by atoms with Crippen molar-refractivity contribution >= 4 is 11.6 Å². The number of halogens is 1. The molecule has 0 bridgehead atoms. The van der Waals surface area contributed by atoms with Gasteiger partial charge in [-0.2, -0.15) is 0 Å². The lowest BCUT2D eigenvalue weighted by atomic mass is 10.1. The summed E-state index contributed by atoms with van der Waals surface area (Å²) in [6.07, 6.45) is 0. The second-order valence-electron chi connectivity index (χ2n) is 5.53. The Morgan fingerprint density at radius 2 is 1.73 bits per heavy atom. The van der Waals surface area contributed by atoms with E-state index in [2.05, 4.69) is 10.3 Å². The highest BCUT2D eigenvalue weighted by Crippen LogP contribution is 2.18. The fourth-order valence-corrected chi connectivity index (χ4v) is 2.45. The number of carbonyl (C=O) groups is 1. The molecule has 5 nitrogen and oxygen atoms in total. The number of carbonyl (C=O) groups excluding carboxylic acids is 1. The molecule has 2 N–H and O–H groups in total. The van der Waals surface area contributed by atoms with E-state index in [1.54, 1.807) is 42.5 Å². The van der Waals surface area contributed by atoms with Gasteiger partial charge in [-0.1, -0.05) is 0 Å². The number of hydrogen-bond acceptors (Lipinski definition) is 3. The van der Waals surface area contributed by atoms with Gasteiger partial charge in [0.05, 0.1) is 6.61 Å². The molecule has 6 heteroatoms. The first-order chi connectivity index (χ1) is 12.6. The Morgan fingerprint density at radius 1 is 1.04 bits per heavy atom. The normalized spacial score (nSPS) is 10.4. The molecule has 0 radical (unpaired) electrons. The molecule has 0 aliphatic heterocycles. The van der Waals surface area contributed by atoms with E-state index < -0.39 is 11.5 Å². The molecule has 132 valence electrons. The second kappa shape index (κ2) is 7.65. The number of aromatic amines is 1. The predicted octanol–water partition coefficient (Wildman–Crippen LogP) is 3.83. The summed E-state index contributed by atoms with van der Waals surface area (Å²) in [5.41, 5.74) is 1.19. The van der Waals surface area contributed by atoms with Gasteiger partial charge in [-0.25, -0.2) is 4.39 Å². The van der Waals surface area contributed by atoms with Crippen molar-refractivity contribution in [3.8, 4) is 17.0 Å². The minimum atomic E-state index is -0.518. The summed E-state index contributed by atoms with van der Waals surface area (Å²) < 4.78 is 18.3. The Balaban J connectivity index is 1.77. The van der Waals surface area contributed by atoms with Crippen LogP contribution in [0.2, 0.25) is 0 Å². The number of rotatable bonds is 5. The zero-order chi connectivity index (χ0) is 18.5. The van der Waals surface area contributed by atoms with Crippen LogP contribution < -0.4 is 15.6 Å². The van der Waals surface area contributed by atoms with Crippen molar-refractivity contribution in [3.63, 3.8) is 0 Å². The summed E-state index contributed by atoms with van der Waals surface area (Å²) in [6, 6.07) is 15.7.